The highest BCUT2D eigenvalue weighted by atomic mass is 35.5. The number of halogens is 1. The third-order valence-corrected chi connectivity index (χ3v) is 3.97. The van der Waals surface area contributed by atoms with Crippen LogP contribution >= 0.6 is 11.6 Å². The zero-order chi connectivity index (χ0) is 13.1. The Hall–Kier alpha value is -0.750. The Labute approximate surface area is 114 Å². The lowest BCUT2D eigenvalue weighted by molar-refractivity contribution is -0.00515. The zero-order valence-electron chi connectivity index (χ0n) is 10.6. The van der Waals surface area contributed by atoms with Crippen LogP contribution < -0.4 is 0 Å². The number of hydrogen-bond donors (Lipinski definition) is 0. The maximum Gasteiger partial charge on any atom is 0.107 e. The van der Waals surface area contributed by atoms with Crippen LogP contribution in [0.15, 0.2) is 24.3 Å². The number of allylic oxidation sites excluding steroid dienone is 2. The normalized spacial score (nSPS) is 36.8. The lowest BCUT2D eigenvalue weighted by Crippen LogP contribution is -2.30. The van der Waals surface area contributed by atoms with Crippen molar-refractivity contribution >= 4 is 11.6 Å². The minimum atomic E-state index is -0.0700. The SMILES string of the molecule is C#C/C=C\CC(Cl)[C@@H]1C[C@@H]2O[C@@H]2C(=C)[C@@H](CC)O1. The molecule has 0 bridgehead atoms. The first kappa shape index (κ1) is 13.7. The van der Waals surface area contributed by atoms with E-state index in [-0.39, 0.29) is 29.8 Å². The zero-order valence-corrected chi connectivity index (χ0v) is 11.4. The van der Waals surface area contributed by atoms with Crippen LogP contribution in [0.3, 0.4) is 0 Å². The maximum atomic E-state index is 6.39. The Balaban J connectivity index is 1.98. The van der Waals surface area contributed by atoms with Gasteiger partial charge in [0.1, 0.15) is 6.10 Å². The minimum absolute atomic E-state index is 0.00768. The molecule has 0 radical (unpaired) electrons. The molecule has 5 atom stereocenters. The third-order valence-electron chi connectivity index (χ3n) is 3.51. The molecule has 18 heavy (non-hydrogen) atoms. The molecule has 2 rings (SSSR count). The summed E-state index contributed by atoms with van der Waals surface area (Å²) in [5.41, 5.74) is 1.06. The second kappa shape index (κ2) is 5.93. The van der Waals surface area contributed by atoms with E-state index in [1.165, 1.54) is 0 Å². The summed E-state index contributed by atoms with van der Waals surface area (Å²) in [7, 11) is 0. The van der Waals surface area contributed by atoms with Crippen molar-refractivity contribution in [1.29, 1.82) is 0 Å². The van der Waals surface area contributed by atoms with Crippen LogP contribution in [-0.2, 0) is 9.47 Å². The number of terminal acetylenes is 1. The molecule has 2 heterocycles. The molecule has 2 aliphatic rings. The van der Waals surface area contributed by atoms with Gasteiger partial charge in [-0.2, -0.15) is 0 Å². The molecule has 98 valence electrons. The van der Waals surface area contributed by atoms with Crippen molar-refractivity contribution in [2.75, 3.05) is 0 Å². The van der Waals surface area contributed by atoms with Crippen LogP contribution in [0.4, 0.5) is 0 Å². The van der Waals surface area contributed by atoms with Crippen molar-refractivity contribution in [3.63, 3.8) is 0 Å². The topological polar surface area (TPSA) is 21.8 Å². The summed E-state index contributed by atoms with van der Waals surface area (Å²) < 4.78 is 11.7. The Bertz CT molecular complexity index is 382. The summed E-state index contributed by atoms with van der Waals surface area (Å²) in [6, 6.07) is 0. The lowest BCUT2D eigenvalue weighted by atomic mass is 10.0. The van der Waals surface area contributed by atoms with Gasteiger partial charge in [0.05, 0.1) is 23.7 Å². The molecule has 2 fully saturated rings. The van der Waals surface area contributed by atoms with Gasteiger partial charge in [0.25, 0.3) is 0 Å². The van der Waals surface area contributed by atoms with E-state index in [9.17, 15) is 0 Å². The van der Waals surface area contributed by atoms with E-state index < -0.39 is 0 Å². The van der Waals surface area contributed by atoms with E-state index in [4.69, 9.17) is 27.5 Å². The number of fused-ring (bicyclic) bond motifs is 1. The molecule has 3 heteroatoms. The lowest BCUT2D eigenvalue weighted by Gasteiger charge is -2.25. The summed E-state index contributed by atoms with van der Waals surface area (Å²) in [6.07, 6.45) is 11.7. The fourth-order valence-electron chi connectivity index (χ4n) is 2.42. The molecule has 2 nitrogen and oxygen atoms in total. The Kier molecular flexibility index (Phi) is 4.50. The standard InChI is InChI=1S/C15H19ClO2/c1-4-6-7-8-11(16)13-9-14-15(18-14)10(3)12(5-2)17-13/h1,6-7,11-15H,3,5,8-9H2,2H3/b7-6-/t11?,12-,13+,14+,15-/m1/s1. The molecule has 0 saturated carbocycles. The Morgan fingerprint density at radius 3 is 3.06 bits per heavy atom. The summed E-state index contributed by atoms with van der Waals surface area (Å²) >= 11 is 6.39. The van der Waals surface area contributed by atoms with E-state index in [2.05, 4.69) is 19.4 Å². The average molecular weight is 267 g/mol. The van der Waals surface area contributed by atoms with Gasteiger partial charge in [0.15, 0.2) is 0 Å². The van der Waals surface area contributed by atoms with Gasteiger partial charge in [0, 0.05) is 6.42 Å². The van der Waals surface area contributed by atoms with E-state index >= 15 is 0 Å². The number of ether oxygens (including phenoxy) is 2. The second-order valence-corrected chi connectivity index (χ2v) is 5.36. The molecule has 0 amide bonds. The molecule has 0 aromatic heterocycles. The van der Waals surface area contributed by atoms with Gasteiger partial charge in [-0.3, -0.25) is 0 Å². The second-order valence-electron chi connectivity index (χ2n) is 4.80. The van der Waals surface area contributed by atoms with Gasteiger partial charge in [-0.05, 0) is 24.5 Å². The van der Waals surface area contributed by atoms with Crippen LogP contribution in [0.5, 0.6) is 0 Å². The van der Waals surface area contributed by atoms with Gasteiger partial charge in [-0.25, -0.2) is 0 Å². The fourth-order valence-corrected chi connectivity index (χ4v) is 2.69. The van der Waals surface area contributed by atoms with Gasteiger partial charge >= 0.3 is 0 Å². The molecule has 0 N–H and O–H groups in total. The fraction of sp³-hybridized carbons (Fsp3) is 0.600. The molecular weight excluding hydrogens is 248 g/mol. The number of epoxide rings is 1. The van der Waals surface area contributed by atoms with Crippen molar-refractivity contribution in [2.45, 2.75) is 56.0 Å². The summed E-state index contributed by atoms with van der Waals surface area (Å²) in [5, 5.41) is -0.0700. The molecule has 1 unspecified atom stereocenters. The molecule has 0 spiro atoms. The first-order valence-electron chi connectivity index (χ1n) is 6.42. The van der Waals surface area contributed by atoms with E-state index in [0.717, 1.165) is 24.8 Å². The van der Waals surface area contributed by atoms with Crippen molar-refractivity contribution in [1.82, 2.24) is 0 Å². The minimum Gasteiger partial charge on any atom is -0.369 e. The van der Waals surface area contributed by atoms with Crippen LogP contribution in [0.25, 0.3) is 0 Å². The number of alkyl halides is 1. The van der Waals surface area contributed by atoms with Crippen molar-refractivity contribution in [2.24, 2.45) is 0 Å². The number of rotatable bonds is 4. The predicted molar refractivity (Wildman–Crippen MR) is 73.6 cm³/mol. The quantitative estimate of drug-likeness (QED) is 0.338. The van der Waals surface area contributed by atoms with Crippen LogP contribution in [0.1, 0.15) is 26.2 Å². The average Bonchev–Trinajstić information content (AvgIpc) is 3.12. The van der Waals surface area contributed by atoms with Crippen molar-refractivity contribution in [3.8, 4) is 12.3 Å². The van der Waals surface area contributed by atoms with Gasteiger partial charge in [-0.1, -0.05) is 25.5 Å². The Morgan fingerprint density at radius 1 is 1.61 bits per heavy atom. The molecular formula is C15H19ClO2. The van der Waals surface area contributed by atoms with E-state index in [1.807, 2.05) is 6.08 Å². The molecule has 2 saturated heterocycles. The third kappa shape index (κ3) is 2.98. The van der Waals surface area contributed by atoms with Crippen molar-refractivity contribution in [3.05, 3.63) is 24.3 Å². The van der Waals surface area contributed by atoms with Gasteiger partial charge in [0.2, 0.25) is 0 Å². The van der Waals surface area contributed by atoms with E-state index in [1.54, 1.807) is 6.08 Å². The summed E-state index contributed by atoms with van der Waals surface area (Å²) in [6.45, 7) is 6.18. The highest BCUT2D eigenvalue weighted by Crippen LogP contribution is 2.40. The number of hydrogen-bond acceptors (Lipinski definition) is 2. The van der Waals surface area contributed by atoms with E-state index in [0.29, 0.717) is 0 Å². The highest BCUT2D eigenvalue weighted by molar-refractivity contribution is 6.21. The van der Waals surface area contributed by atoms with Gasteiger partial charge < -0.3 is 9.47 Å². The Morgan fingerprint density at radius 2 is 2.39 bits per heavy atom. The first-order chi connectivity index (χ1) is 8.67. The monoisotopic (exact) mass is 266 g/mol. The van der Waals surface area contributed by atoms with Crippen molar-refractivity contribution < 1.29 is 9.47 Å². The van der Waals surface area contributed by atoms with Crippen LogP contribution in [0.2, 0.25) is 0 Å². The van der Waals surface area contributed by atoms with Crippen LogP contribution in [0, 0.1) is 12.3 Å². The summed E-state index contributed by atoms with van der Waals surface area (Å²) in [4.78, 5) is 0. The summed E-state index contributed by atoms with van der Waals surface area (Å²) in [5.74, 6) is 2.46. The smallest absolute Gasteiger partial charge is 0.107 e. The molecule has 0 aromatic carbocycles. The molecule has 0 aliphatic carbocycles. The molecule has 2 aliphatic heterocycles. The predicted octanol–water partition coefficient (Wildman–Crippen LogP) is 3.06. The van der Waals surface area contributed by atoms with Crippen LogP contribution in [-0.4, -0.2) is 29.8 Å². The highest BCUT2D eigenvalue weighted by Gasteiger charge is 2.48. The molecule has 0 aromatic rings. The first-order valence-corrected chi connectivity index (χ1v) is 6.85. The van der Waals surface area contributed by atoms with Gasteiger partial charge in [-0.15, -0.1) is 18.0 Å². The maximum absolute atomic E-state index is 6.39. The largest absolute Gasteiger partial charge is 0.369 e.